The summed E-state index contributed by atoms with van der Waals surface area (Å²) in [4.78, 5) is 11.1. The van der Waals surface area contributed by atoms with Gasteiger partial charge in [-0.05, 0) is 12.1 Å². The lowest BCUT2D eigenvalue weighted by Gasteiger charge is -2.11. The standard InChI is InChI=1S/C14H11FO3/c1-18-12-8-3-2-5-9(12)10-6-4-7-11(15)13(10)14(16)17/h2-8H,1H3,(H,16,17). The molecule has 0 heterocycles. The average molecular weight is 246 g/mol. The van der Waals surface area contributed by atoms with Gasteiger partial charge in [0, 0.05) is 11.1 Å². The van der Waals surface area contributed by atoms with E-state index in [0.717, 1.165) is 6.07 Å². The van der Waals surface area contributed by atoms with Gasteiger partial charge in [0.05, 0.1) is 7.11 Å². The number of benzene rings is 2. The smallest absolute Gasteiger partial charge is 0.339 e. The molecule has 0 fully saturated rings. The number of carboxylic acid groups (broad SMARTS) is 1. The molecule has 0 atom stereocenters. The van der Waals surface area contributed by atoms with Crippen molar-refractivity contribution in [2.75, 3.05) is 7.11 Å². The van der Waals surface area contributed by atoms with Crippen LogP contribution in [0.1, 0.15) is 10.4 Å². The molecule has 0 radical (unpaired) electrons. The summed E-state index contributed by atoms with van der Waals surface area (Å²) >= 11 is 0. The molecule has 1 N–H and O–H groups in total. The van der Waals surface area contributed by atoms with Crippen LogP contribution in [0, 0.1) is 5.82 Å². The predicted molar refractivity (Wildman–Crippen MR) is 65.3 cm³/mol. The van der Waals surface area contributed by atoms with E-state index in [9.17, 15) is 9.18 Å². The van der Waals surface area contributed by atoms with Crippen LogP contribution in [0.25, 0.3) is 11.1 Å². The van der Waals surface area contributed by atoms with Gasteiger partial charge in [-0.15, -0.1) is 0 Å². The van der Waals surface area contributed by atoms with Gasteiger partial charge in [-0.2, -0.15) is 0 Å². The fraction of sp³-hybridized carbons (Fsp3) is 0.0714. The lowest BCUT2D eigenvalue weighted by Crippen LogP contribution is -2.03. The van der Waals surface area contributed by atoms with Crippen LogP contribution in [-0.2, 0) is 0 Å². The van der Waals surface area contributed by atoms with E-state index < -0.39 is 11.8 Å². The highest BCUT2D eigenvalue weighted by Gasteiger charge is 2.18. The number of hydrogen-bond acceptors (Lipinski definition) is 2. The summed E-state index contributed by atoms with van der Waals surface area (Å²) in [6, 6.07) is 11.1. The maximum atomic E-state index is 13.6. The number of hydrogen-bond donors (Lipinski definition) is 1. The molecule has 0 saturated heterocycles. The molecular weight excluding hydrogens is 235 g/mol. The number of aromatic carboxylic acids is 1. The van der Waals surface area contributed by atoms with E-state index in [1.807, 2.05) is 0 Å². The maximum Gasteiger partial charge on any atom is 0.339 e. The first-order valence-electron chi connectivity index (χ1n) is 5.30. The molecule has 3 nitrogen and oxygen atoms in total. The van der Waals surface area contributed by atoms with Gasteiger partial charge >= 0.3 is 5.97 Å². The first kappa shape index (κ1) is 12.1. The van der Waals surface area contributed by atoms with Crippen molar-refractivity contribution in [3.05, 3.63) is 53.8 Å². The van der Waals surface area contributed by atoms with Crippen LogP contribution >= 0.6 is 0 Å². The Hall–Kier alpha value is -2.36. The van der Waals surface area contributed by atoms with Gasteiger partial charge in [0.1, 0.15) is 17.1 Å². The Kier molecular flexibility index (Phi) is 3.28. The lowest BCUT2D eigenvalue weighted by atomic mass is 9.98. The summed E-state index contributed by atoms with van der Waals surface area (Å²) in [6.07, 6.45) is 0. The zero-order valence-corrected chi connectivity index (χ0v) is 9.68. The van der Waals surface area contributed by atoms with Crippen molar-refractivity contribution in [2.45, 2.75) is 0 Å². The van der Waals surface area contributed by atoms with E-state index >= 15 is 0 Å². The van der Waals surface area contributed by atoms with Crippen LogP contribution in [0.15, 0.2) is 42.5 Å². The molecule has 2 rings (SSSR count). The van der Waals surface area contributed by atoms with Gasteiger partial charge in [-0.1, -0.05) is 30.3 Å². The highest BCUT2D eigenvalue weighted by Crippen LogP contribution is 2.33. The maximum absolute atomic E-state index is 13.6. The van der Waals surface area contributed by atoms with Crippen molar-refractivity contribution >= 4 is 5.97 Å². The van der Waals surface area contributed by atoms with Crippen molar-refractivity contribution in [2.24, 2.45) is 0 Å². The number of methoxy groups -OCH3 is 1. The predicted octanol–water partition coefficient (Wildman–Crippen LogP) is 3.20. The van der Waals surface area contributed by atoms with Crippen LogP contribution in [-0.4, -0.2) is 18.2 Å². The Balaban J connectivity index is 2.71. The van der Waals surface area contributed by atoms with Crippen LogP contribution < -0.4 is 4.74 Å². The minimum absolute atomic E-state index is 0.306. The molecular formula is C14H11FO3. The van der Waals surface area contributed by atoms with E-state index in [0.29, 0.717) is 16.9 Å². The SMILES string of the molecule is COc1ccccc1-c1cccc(F)c1C(=O)O. The quantitative estimate of drug-likeness (QED) is 0.904. The number of ether oxygens (including phenoxy) is 1. The first-order valence-corrected chi connectivity index (χ1v) is 5.30. The Bertz CT molecular complexity index is 593. The molecule has 2 aromatic carbocycles. The molecule has 0 bridgehead atoms. The number of para-hydroxylation sites is 1. The van der Waals surface area contributed by atoms with Gasteiger partial charge in [0.25, 0.3) is 0 Å². The summed E-state index contributed by atoms with van der Waals surface area (Å²) in [5.74, 6) is -1.55. The van der Waals surface area contributed by atoms with Gasteiger partial charge in [-0.3, -0.25) is 0 Å². The molecule has 2 aromatic rings. The Morgan fingerprint density at radius 2 is 1.78 bits per heavy atom. The van der Waals surface area contributed by atoms with E-state index in [-0.39, 0.29) is 5.56 Å². The molecule has 0 amide bonds. The second-order valence-electron chi connectivity index (χ2n) is 3.67. The molecule has 0 aliphatic carbocycles. The van der Waals surface area contributed by atoms with Gasteiger partial charge in [0.15, 0.2) is 0 Å². The lowest BCUT2D eigenvalue weighted by molar-refractivity contribution is 0.0693. The molecule has 0 unspecified atom stereocenters. The van der Waals surface area contributed by atoms with Crippen LogP contribution in [0.5, 0.6) is 5.75 Å². The van der Waals surface area contributed by atoms with Gasteiger partial charge in [0.2, 0.25) is 0 Å². The number of halogens is 1. The van der Waals surface area contributed by atoms with Crippen molar-refractivity contribution in [1.82, 2.24) is 0 Å². The molecule has 0 saturated carbocycles. The summed E-state index contributed by atoms with van der Waals surface area (Å²) in [6.45, 7) is 0. The van der Waals surface area contributed by atoms with E-state index in [4.69, 9.17) is 9.84 Å². The van der Waals surface area contributed by atoms with Crippen molar-refractivity contribution < 1.29 is 19.0 Å². The second kappa shape index (κ2) is 4.87. The fourth-order valence-electron chi connectivity index (χ4n) is 1.83. The third kappa shape index (κ3) is 2.05. The number of carboxylic acids is 1. The summed E-state index contributed by atoms with van der Waals surface area (Å²) in [5, 5.41) is 9.09. The highest BCUT2D eigenvalue weighted by molar-refractivity contribution is 5.97. The number of carbonyl (C=O) groups is 1. The molecule has 0 aliphatic rings. The first-order chi connectivity index (χ1) is 8.65. The molecule has 0 aromatic heterocycles. The minimum atomic E-state index is -1.30. The molecule has 0 spiro atoms. The van der Waals surface area contributed by atoms with Crippen LogP contribution in [0.4, 0.5) is 4.39 Å². The van der Waals surface area contributed by atoms with E-state index in [1.165, 1.54) is 13.2 Å². The Morgan fingerprint density at radius 3 is 2.44 bits per heavy atom. The third-order valence-corrected chi connectivity index (χ3v) is 2.62. The number of rotatable bonds is 3. The molecule has 92 valence electrons. The molecule has 18 heavy (non-hydrogen) atoms. The van der Waals surface area contributed by atoms with Gasteiger partial charge in [-0.25, -0.2) is 9.18 Å². The van der Waals surface area contributed by atoms with E-state index in [2.05, 4.69) is 0 Å². The molecule has 0 aliphatic heterocycles. The van der Waals surface area contributed by atoms with Crippen molar-refractivity contribution in [3.8, 4) is 16.9 Å². The molecule has 4 heteroatoms. The minimum Gasteiger partial charge on any atom is -0.496 e. The Labute approximate surface area is 103 Å². The average Bonchev–Trinajstić information content (AvgIpc) is 2.38. The topological polar surface area (TPSA) is 46.5 Å². The Morgan fingerprint density at radius 1 is 1.11 bits per heavy atom. The van der Waals surface area contributed by atoms with Crippen molar-refractivity contribution in [1.29, 1.82) is 0 Å². The normalized spacial score (nSPS) is 10.1. The summed E-state index contributed by atoms with van der Waals surface area (Å²) in [5.41, 5.74) is 0.513. The van der Waals surface area contributed by atoms with Crippen LogP contribution in [0.3, 0.4) is 0 Å². The monoisotopic (exact) mass is 246 g/mol. The van der Waals surface area contributed by atoms with Gasteiger partial charge < -0.3 is 9.84 Å². The summed E-state index contributed by atoms with van der Waals surface area (Å²) < 4.78 is 18.8. The third-order valence-electron chi connectivity index (χ3n) is 2.62. The van der Waals surface area contributed by atoms with Crippen LogP contribution in [0.2, 0.25) is 0 Å². The van der Waals surface area contributed by atoms with E-state index in [1.54, 1.807) is 30.3 Å². The summed E-state index contributed by atoms with van der Waals surface area (Å²) in [7, 11) is 1.48. The highest BCUT2D eigenvalue weighted by atomic mass is 19.1. The largest absolute Gasteiger partial charge is 0.496 e. The second-order valence-corrected chi connectivity index (χ2v) is 3.67. The zero-order chi connectivity index (χ0) is 13.1. The fourth-order valence-corrected chi connectivity index (χ4v) is 1.83. The van der Waals surface area contributed by atoms with Crippen molar-refractivity contribution in [3.63, 3.8) is 0 Å². The zero-order valence-electron chi connectivity index (χ0n) is 9.68.